The van der Waals surface area contributed by atoms with Crippen LogP contribution in [0.4, 0.5) is 17.1 Å². The number of amides is 1. The summed E-state index contributed by atoms with van der Waals surface area (Å²) >= 11 is 0. The van der Waals surface area contributed by atoms with Crippen LogP contribution in [0.5, 0.6) is 0 Å². The fourth-order valence-electron chi connectivity index (χ4n) is 3.65. The van der Waals surface area contributed by atoms with Crippen molar-refractivity contribution in [3.05, 3.63) is 16.7 Å². The molecule has 1 aromatic carbocycles. The van der Waals surface area contributed by atoms with E-state index in [2.05, 4.69) is 21.9 Å². The van der Waals surface area contributed by atoms with Crippen molar-refractivity contribution in [1.29, 1.82) is 0 Å². The number of rotatable bonds is 7. The van der Waals surface area contributed by atoms with E-state index in [4.69, 9.17) is 0 Å². The van der Waals surface area contributed by atoms with E-state index in [9.17, 15) is 13.2 Å². The van der Waals surface area contributed by atoms with Crippen molar-refractivity contribution in [3.63, 3.8) is 0 Å². The van der Waals surface area contributed by atoms with Crippen LogP contribution in [0.3, 0.4) is 0 Å². The quantitative estimate of drug-likeness (QED) is 0.661. The van der Waals surface area contributed by atoms with Crippen LogP contribution in [-0.4, -0.2) is 33.7 Å². The molecule has 6 nitrogen and oxygen atoms in total. The van der Waals surface area contributed by atoms with Crippen molar-refractivity contribution in [1.82, 2.24) is 0 Å². The molecule has 2 rings (SSSR count). The molecule has 1 amide bonds. The molecule has 0 aromatic heterocycles. The Morgan fingerprint density at radius 3 is 2.29 bits per heavy atom. The normalized spacial score (nSPS) is 14.2. The third kappa shape index (κ3) is 4.99. The van der Waals surface area contributed by atoms with Crippen LogP contribution in [0.2, 0.25) is 0 Å². The van der Waals surface area contributed by atoms with Gasteiger partial charge in [-0.1, -0.05) is 40.5 Å². The van der Waals surface area contributed by atoms with Gasteiger partial charge in [0.1, 0.15) is 0 Å². The first-order valence-electron chi connectivity index (χ1n) is 10.1. The van der Waals surface area contributed by atoms with E-state index in [1.807, 2.05) is 34.6 Å². The van der Waals surface area contributed by atoms with E-state index >= 15 is 0 Å². The van der Waals surface area contributed by atoms with Gasteiger partial charge in [0.05, 0.1) is 23.3 Å². The first kappa shape index (κ1) is 22.5. The predicted molar refractivity (Wildman–Crippen MR) is 118 cm³/mol. The molecule has 0 fully saturated rings. The Labute approximate surface area is 170 Å². The van der Waals surface area contributed by atoms with Crippen molar-refractivity contribution in [2.45, 2.75) is 67.2 Å². The third-order valence-electron chi connectivity index (χ3n) is 5.29. The number of unbranched alkanes of at least 4 members (excludes halogenated alkanes) is 2. The SMILES string of the molecule is CCCCCN1CCc2c(C)c(NS(C)(=O)=O)c(C)c(NC(=O)C(C)(C)C)c21. The number of nitrogens with zero attached hydrogens (tertiary/aromatic N) is 1. The van der Waals surface area contributed by atoms with Gasteiger partial charge in [0.2, 0.25) is 15.9 Å². The van der Waals surface area contributed by atoms with Gasteiger partial charge in [-0.05, 0) is 43.4 Å². The minimum Gasteiger partial charge on any atom is -0.369 e. The zero-order valence-corrected chi connectivity index (χ0v) is 19.1. The first-order valence-corrected chi connectivity index (χ1v) is 12.0. The van der Waals surface area contributed by atoms with Gasteiger partial charge in [-0.15, -0.1) is 0 Å². The van der Waals surface area contributed by atoms with Crippen molar-refractivity contribution in [2.24, 2.45) is 5.41 Å². The van der Waals surface area contributed by atoms with E-state index in [0.29, 0.717) is 5.69 Å². The van der Waals surface area contributed by atoms with Gasteiger partial charge in [0, 0.05) is 18.5 Å². The van der Waals surface area contributed by atoms with E-state index < -0.39 is 15.4 Å². The second-order valence-corrected chi connectivity index (χ2v) is 10.6. The Morgan fingerprint density at radius 1 is 1.11 bits per heavy atom. The third-order valence-corrected chi connectivity index (χ3v) is 5.86. The number of fused-ring (bicyclic) bond motifs is 1. The molecule has 0 bridgehead atoms. The van der Waals surface area contributed by atoms with Crippen LogP contribution in [0.1, 0.15) is 63.6 Å². The van der Waals surface area contributed by atoms with Gasteiger partial charge in [0.15, 0.2) is 0 Å². The topological polar surface area (TPSA) is 78.5 Å². The molecule has 1 aliphatic heterocycles. The number of benzene rings is 1. The minimum absolute atomic E-state index is 0.0765. The number of carbonyl (C=O) groups excluding carboxylic acids is 1. The number of anilines is 3. The molecule has 0 aliphatic carbocycles. The molecule has 158 valence electrons. The molecular weight excluding hydrogens is 374 g/mol. The molecule has 1 aliphatic rings. The van der Waals surface area contributed by atoms with Crippen molar-refractivity contribution >= 4 is 33.0 Å². The average molecular weight is 410 g/mol. The van der Waals surface area contributed by atoms with Gasteiger partial charge in [-0.25, -0.2) is 8.42 Å². The number of hydrogen-bond donors (Lipinski definition) is 2. The molecule has 2 N–H and O–H groups in total. The Hall–Kier alpha value is -1.76. The van der Waals surface area contributed by atoms with Crippen molar-refractivity contribution < 1.29 is 13.2 Å². The number of hydrogen-bond acceptors (Lipinski definition) is 4. The summed E-state index contributed by atoms with van der Waals surface area (Å²) in [6.45, 7) is 13.5. The highest BCUT2D eigenvalue weighted by Crippen LogP contribution is 2.45. The number of nitrogens with one attached hydrogen (secondary N) is 2. The Morgan fingerprint density at radius 2 is 1.75 bits per heavy atom. The highest BCUT2D eigenvalue weighted by molar-refractivity contribution is 7.92. The second-order valence-electron chi connectivity index (χ2n) is 8.85. The number of carbonyl (C=O) groups is 1. The zero-order valence-electron chi connectivity index (χ0n) is 18.3. The van der Waals surface area contributed by atoms with Crippen LogP contribution in [0.15, 0.2) is 0 Å². The van der Waals surface area contributed by atoms with Gasteiger partial charge in [0.25, 0.3) is 0 Å². The van der Waals surface area contributed by atoms with Gasteiger partial charge in [-0.2, -0.15) is 0 Å². The molecule has 1 heterocycles. The Bertz CT molecular complexity index is 855. The highest BCUT2D eigenvalue weighted by Gasteiger charge is 2.31. The lowest BCUT2D eigenvalue weighted by atomic mass is 9.94. The van der Waals surface area contributed by atoms with E-state index in [1.54, 1.807) is 0 Å². The second kappa shape index (κ2) is 8.31. The van der Waals surface area contributed by atoms with Crippen molar-refractivity contribution in [3.8, 4) is 0 Å². The summed E-state index contributed by atoms with van der Waals surface area (Å²) in [5.74, 6) is -0.0765. The van der Waals surface area contributed by atoms with Crippen LogP contribution >= 0.6 is 0 Å². The lowest BCUT2D eigenvalue weighted by molar-refractivity contribution is -0.123. The molecule has 7 heteroatoms. The molecule has 0 atom stereocenters. The maximum absolute atomic E-state index is 12.8. The fourth-order valence-corrected chi connectivity index (χ4v) is 4.32. The van der Waals surface area contributed by atoms with Gasteiger partial charge >= 0.3 is 0 Å². The summed E-state index contributed by atoms with van der Waals surface area (Å²) in [6.07, 6.45) is 5.43. The lowest BCUT2D eigenvalue weighted by Gasteiger charge is -2.28. The maximum Gasteiger partial charge on any atom is 0.229 e. The Kier molecular flexibility index (Phi) is 6.69. The van der Waals surface area contributed by atoms with Crippen LogP contribution < -0.4 is 14.9 Å². The molecule has 0 spiro atoms. The standard InChI is InChI=1S/C21H35N3O3S/c1-8-9-10-12-24-13-11-16-14(2)17(23-28(7,26)27)15(3)18(19(16)24)22-20(25)21(4,5)6/h23H,8-13H2,1-7H3,(H,22,25). The van der Waals surface area contributed by atoms with Gasteiger partial charge < -0.3 is 10.2 Å². The summed E-state index contributed by atoms with van der Waals surface area (Å²) in [6, 6.07) is 0. The predicted octanol–water partition coefficient (Wildman–Crippen LogP) is 4.21. The first-order chi connectivity index (χ1) is 12.9. The van der Waals surface area contributed by atoms with E-state index in [0.717, 1.165) is 66.7 Å². The monoisotopic (exact) mass is 409 g/mol. The average Bonchev–Trinajstić information content (AvgIpc) is 2.97. The zero-order chi connectivity index (χ0) is 21.3. The van der Waals surface area contributed by atoms with Crippen LogP contribution in [0, 0.1) is 19.3 Å². The summed E-state index contributed by atoms with van der Waals surface area (Å²) in [5.41, 5.74) is 4.67. The lowest BCUT2D eigenvalue weighted by Crippen LogP contribution is -2.30. The molecule has 0 saturated carbocycles. The molecule has 0 radical (unpaired) electrons. The summed E-state index contributed by atoms with van der Waals surface area (Å²) < 4.78 is 26.5. The largest absolute Gasteiger partial charge is 0.369 e. The fraction of sp³-hybridized carbons (Fsp3) is 0.667. The highest BCUT2D eigenvalue weighted by atomic mass is 32.2. The number of sulfonamides is 1. The van der Waals surface area contributed by atoms with Crippen LogP contribution in [-0.2, 0) is 21.2 Å². The van der Waals surface area contributed by atoms with Gasteiger partial charge in [-0.3, -0.25) is 9.52 Å². The summed E-state index contributed by atoms with van der Waals surface area (Å²) in [7, 11) is -3.42. The van der Waals surface area contributed by atoms with E-state index in [1.165, 1.54) is 6.42 Å². The molecule has 1 aromatic rings. The molecule has 0 unspecified atom stereocenters. The van der Waals surface area contributed by atoms with Crippen LogP contribution in [0.25, 0.3) is 0 Å². The van der Waals surface area contributed by atoms with E-state index in [-0.39, 0.29) is 5.91 Å². The summed E-state index contributed by atoms with van der Waals surface area (Å²) in [4.78, 5) is 15.1. The smallest absolute Gasteiger partial charge is 0.229 e. The summed E-state index contributed by atoms with van der Waals surface area (Å²) in [5, 5.41) is 3.11. The Balaban J connectivity index is 2.59. The molecule has 0 saturated heterocycles. The minimum atomic E-state index is -3.42. The maximum atomic E-state index is 12.8. The molecular formula is C21H35N3O3S. The van der Waals surface area contributed by atoms with Crippen molar-refractivity contribution in [2.75, 3.05) is 34.3 Å². The molecule has 28 heavy (non-hydrogen) atoms.